The predicted molar refractivity (Wildman–Crippen MR) is 92.6 cm³/mol. The molecule has 2 aliphatic rings. The largest absolute Gasteiger partial charge is 0.487 e. The third-order valence-corrected chi connectivity index (χ3v) is 6.13. The zero-order chi connectivity index (χ0) is 18.1. The van der Waals surface area contributed by atoms with Gasteiger partial charge in [0.15, 0.2) is 6.61 Å². The van der Waals surface area contributed by atoms with E-state index in [1.165, 1.54) is 16.4 Å². The van der Waals surface area contributed by atoms with E-state index in [0.717, 1.165) is 0 Å². The number of aromatic nitrogens is 1. The Hall–Kier alpha value is -2.65. The number of sulfonamides is 1. The summed E-state index contributed by atoms with van der Waals surface area (Å²) in [4.78, 5) is 15.5. The van der Waals surface area contributed by atoms with Gasteiger partial charge in [-0.1, -0.05) is 0 Å². The normalized spacial score (nSPS) is 20.2. The molecule has 1 N–H and O–H groups in total. The van der Waals surface area contributed by atoms with Crippen LogP contribution in [0.4, 0.5) is 5.69 Å². The highest BCUT2D eigenvalue weighted by atomic mass is 32.2. The Morgan fingerprint density at radius 1 is 1.31 bits per heavy atom. The highest BCUT2D eigenvalue weighted by molar-refractivity contribution is 7.89. The van der Waals surface area contributed by atoms with Crippen molar-refractivity contribution in [2.75, 3.05) is 25.0 Å². The van der Waals surface area contributed by atoms with Crippen LogP contribution in [-0.4, -0.2) is 49.4 Å². The van der Waals surface area contributed by atoms with Crippen molar-refractivity contribution in [1.82, 2.24) is 9.29 Å². The molecule has 4 rings (SSSR count). The van der Waals surface area contributed by atoms with Crippen molar-refractivity contribution in [2.45, 2.75) is 17.4 Å². The Labute approximate surface area is 150 Å². The van der Waals surface area contributed by atoms with Gasteiger partial charge in [0.2, 0.25) is 10.0 Å². The van der Waals surface area contributed by atoms with Gasteiger partial charge in [0.25, 0.3) is 5.91 Å². The van der Waals surface area contributed by atoms with E-state index >= 15 is 0 Å². The summed E-state index contributed by atoms with van der Waals surface area (Å²) in [6, 6.07) is 8.03. The van der Waals surface area contributed by atoms with E-state index in [9.17, 15) is 13.2 Å². The second-order valence-electron chi connectivity index (χ2n) is 6.08. The maximum atomic E-state index is 12.9. The summed E-state index contributed by atoms with van der Waals surface area (Å²) < 4.78 is 38.3. The van der Waals surface area contributed by atoms with E-state index in [-0.39, 0.29) is 30.1 Å². The maximum Gasteiger partial charge on any atom is 0.262 e. The van der Waals surface area contributed by atoms with Crippen molar-refractivity contribution in [3.63, 3.8) is 0 Å². The van der Waals surface area contributed by atoms with Crippen LogP contribution in [0.15, 0.2) is 47.6 Å². The maximum absolute atomic E-state index is 12.9. The standard InChI is InChI=1S/C17H17N3O5S/c21-17-11-24-16-4-3-14(8-15(16)19-17)26(22,23)20-7-5-13(10-20)25-12-2-1-6-18-9-12/h1-4,6,8-9,13H,5,7,10-11H2,(H,19,21)/t13-/m0/s1. The smallest absolute Gasteiger partial charge is 0.262 e. The minimum atomic E-state index is -3.68. The number of nitrogens with one attached hydrogen (secondary N) is 1. The summed E-state index contributed by atoms with van der Waals surface area (Å²) in [6.45, 7) is 0.558. The van der Waals surface area contributed by atoms with E-state index in [4.69, 9.17) is 9.47 Å². The molecule has 1 aromatic heterocycles. The molecule has 136 valence electrons. The van der Waals surface area contributed by atoms with E-state index in [0.29, 0.717) is 30.2 Å². The molecule has 0 spiro atoms. The summed E-state index contributed by atoms with van der Waals surface area (Å²) in [6.07, 6.45) is 3.62. The van der Waals surface area contributed by atoms with Gasteiger partial charge < -0.3 is 14.8 Å². The molecule has 1 amide bonds. The zero-order valence-electron chi connectivity index (χ0n) is 13.8. The highest BCUT2D eigenvalue weighted by Gasteiger charge is 2.34. The van der Waals surface area contributed by atoms with Crippen molar-refractivity contribution in [3.05, 3.63) is 42.7 Å². The van der Waals surface area contributed by atoms with E-state index in [1.807, 2.05) is 0 Å². The number of hydrogen-bond acceptors (Lipinski definition) is 6. The van der Waals surface area contributed by atoms with Gasteiger partial charge in [-0.25, -0.2) is 8.42 Å². The first-order valence-electron chi connectivity index (χ1n) is 8.16. The molecule has 0 bridgehead atoms. The Balaban J connectivity index is 1.50. The molecular weight excluding hydrogens is 358 g/mol. The second kappa shape index (κ2) is 6.58. The van der Waals surface area contributed by atoms with Crippen LogP contribution >= 0.6 is 0 Å². The van der Waals surface area contributed by atoms with Gasteiger partial charge >= 0.3 is 0 Å². The fraction of sp³-hybridized carbons (Fsp3) is 0.294. The van der Waals surface area contributed by atoms with Crippen LogP contribution in [-0.2, 0) is 14.8 Å². The van der Waals surface area contributed by atoms with Crippen LogP contribution in [0.1, 0.15) is 6.42 Å². The minimum absolute atomic E-state index is 0.0708. The van der Waals surface area contributed by atoms with Gasteiger partial charge in [0.1, 0.15) is 17.6 Å². The fourth-order valence-electron chi connectivity index (χ4n) is 2.99. The summed E-state index contributed by atoms with van der Waals surface area (Å²) in [5.41, 5.74) is 0.365. The first-order valence-corrected chi connectivity index (χ1v) is 9.60. The number of ether oxygens (including phenoxy) is 2. The summed E-state index contributed by atoms with van der Waals surface area (Å²) >= 11 is 0. The zero-order valence-corrected chi connectivity index (χ0v) is 14.6. The third-order valence-electron chi connectivity index (χ3n) is 4.27. The first kappa shape index (κ1) is 16.8. The van der Waals surface area contributed by atoms with Gasteiger partial charge in [-0.05, 0) is 36.8 Å². The number of carbonyl (C=O) groups excluding carboxylic acids is 1. The number of carbonyl (C=O) groups is 1. The number of benzene rings is 1. The molecule has 9 heteroatoms. The Kier molecular flexibility index (Phi) is 4.25. The Morgan fingerprint density at radius 3 is 3.00 bits per heavy atom. The Bertz CT molecular complexity index is 933. The van der Waals surface area contributed by atoms with Crippen molar-refractivity contribution >= 4 is 21.6 Å². The molecule has 3 heterocycles. The second-order valence-corrected chi connectivity index (χ2v) is 8.01. The lowest BCUT2D eigenvalue weighted by molar-refractivity contribution is -0.118. The number of pyridine rings is 1. The van der Waals surface area contributed by atoms with Gasteiger partial charge in [0, 0.05) is 12.7 Å². The average Bonchev–Trinajstić information content (AvgIpc) is 3.11. The van der Waals surface area contributed by atoms with E-state index in [2.05, 4.69) is 10.3 Å². The van der Waals surface area contributed by atoms with E-state index in [1.54, 1.807) is 30.6 Å². The monoisotopic (exact) mass is 375 g/mol. The molecule has 0 unspecified atom stereocenters. The quantitative estimate of drug-likeness (QED) is 0.864. The van der Waals surface area contributed by atoms with Gasteiger partial charge in [-0.3, -0.25) is 9.78 Å². The first-order chi connectivity index (χ1) is 12.5. The van der Waals surface area contributed by atoms with Crippen molar-refractivity contribution in [1.29, 1.82) is 0 Å². The minimum Gasteiger partial charge on any atom is -0.487 e. The molecule has 0 saturated carbocycles. The average molecular weight is 375 g/mol. The predicted octanol–water partition coefficient (Wildman–Crippen LogP) is 1.25. The number of fused-ring (bicyclic) bond motifs is 1. The van der Waals surface area contributed by atoms with Crippen LogP contribution in [0.25, 0.3) is 0 Å². The summed E-state index contributed by atoms with van der Waals surface area (Å²) in [5.74, 6) is 0.770. The van der Waals surface area contributed by atoms with Gasteiger partial charge in [-0.2, -0.15) is 4.31 Å². The number of amides is 1. The summed E-state index contributed by atoms with van der Waals surface area (Å²) in [5, 5.41) is 2.63. The highest BCUT2D eigenvalue weighted by Crippen LogP contribution is 2.32. The topological polar surface area (TPSA) is 97.8 Å². The number of hydrogen-bond donors (Lipinski definition) is 1. The molecule has 0 aliphatic carbocycles. The summed E-state index contributed by atoms with van der Waals surface area (Å²) in [7, 11) is -3.68. The molecule has 1 fully saturated rings. The Morgan fingerprint density at radius 2 is 2.19 bits per heavy atom. The molecule has 0 radical (unpaired) electrons. The molecule has 26 heavy (non-hydrogen) atoms. The molecule has 2 aliphatic heterocycles. The molecule has 8 nitrogen and oxygen atoms in total. The number of anilines is 1. The van der Waals surface area contributed by atoms with Crippen LogP contribution in [0.5, 0.6) is 11.5 Å². The van der Waals surface area contributed by atoms with E-state index < -0.39 is 10.0 Å². The molecule has 1 atom stereocenters. The lowest BCUT2D eigenvalue weighted by Gasteiger charge is -2.21. The van der Waals surface area contributed by atoms with Crippen LogP contribution in [0.2, 0.25) is 0 Å². The van der Waals surface area contributed by atoms with Gasteiger partial charge in [0.05, 0.1) is 23.3 Å². The molecule has 1 aromatic carbocycles. The van der Waals surface area contributed by atoms with Gasteiger partial charge in [-0.15, -0.1) is 0 Å². The van der Waals surface area contributed by atoms with Crippen LogP contribution < -0.4 is 14.8 Å². The number of rotatable bonds is 4. The molecular formula is C17H17N3O5S. The lowest BCUT2D eigenvalue weighted by Crippen LogP contribution is -2.31. The van der Waals surface area contributed by atoms with Crippen molar-refractivity contribution in [3.8, 4) is 11.5 Å². The SMILES string of the molecule is O=C1COc2ccc(S(=O)(=O)N3CC[C@H](Oc4cccnc4)C3)cc2N1. The number of nitrogens with zero attached hydrogens (tertiary/aromatic N) is 2. The molecule has 1 saturated heterocycles. The third kappa shape index (κ3) is 3.23. The molecule has 2 aromatic rings. The lowest BCUT2D eigenvalue weighted by atomic mass is 10.2. The van der Waals surface area contributed by atoms with Crippen LogP contribution in [0, 0.1) is 0 Å². The van der Waals surface area contributed by atoms with Crippen molar-refractivity contribution < 1.29 is 22.7 Å². The van der Waals surface area contributed by atoms with Crippen molar-refractivity contribution in [2.24, 2.45) is 0 Å². The fourth-order valence-corrected chi connectivity index (χ4v) is 4.51. The van der Waals surface area contributed by atoms with Crippen LogP contribution in [0.3, 0.4) is 0 Å².